The Morgan fingerprint density at radius 3 is 2.95 bits per heavy atom. The predicted octanol–water partition coefficient (Wildman–Crippen LogP) is 0.704. The van der Waals surface area contributed by atoms with Crippen molar-refractivity contribution < 1.29 is 18.3 Å². The van der Waals surface area contributed by atoms with Gasteiger partial charge in [0.25, 0.3) is 0 Å². The van der Waals surface area contributed by atoms with Crippen molar-refractivity contribution in [1.82, 2.24) is 4.98 Å². The van der Waals surface area contributed by atoms with Gasteiger partial charge in [-0.3, -0.25) is 4.98 Å². The first-order valence-electron chi connectivity index (χ1n) is 5.62. The van der Waals surface area contributed by atoms with Crippen LogP contribution in [0.25, 0.3) is 0 Å². The fourth-order valence-electron chi connectivity index (χ4n) is 2.01. The lowest BCUT2D eigenvalue weighted by Crippen LogP contribution is -2.47. The zero-order chi connectivity index (χ0) is 14.0. The fourth-order valence-corrected chi connectivity index (χ4v) is 4.85. The Morgan fingerprint density at radius 2 is 2.32 bits per heavy atom. The van der Waals surface area contributed by atoms with Gasteiger partial charge in [0, 0.05) is 36.7 Å². The lowest BCUT2D eigenvalue weighted by Gasteiger charge is -2.36. The Balaban J connectivity index is 2.46. The molecule has 8 heteroatoms. The monoisotopic (exact) mass is 302 g/mol. The summed E-state index contributed by atoms with van der Waals surface area (Å²) in [6, 6.07) is 1.55. The van der Waals surface area contributed by atoms with E-state index in [2.05, 4.69) is 4.98 Å². The van der Waals surface area contributed by atoms with E-state index in [4.69, 9.17) is 5.11 Å². The van der Waals surface area contributed by atoms with Crippen LogP contribution in [0.1, 0.15) is 10.4 Å². The normalized spacial score (nSPS) is 20.3. The number of hydrogen-bond acceptors (Lipinski definition) is 6. The molecular weight excluding hydrogens is 288 g/mol. The van der Waals surface area contributed by atoms with Crippen LogP contribution in [0.2, 0.25) is 0 Å². The Bertz CT molecular complexity index is 588. The molecule has 1 atom stereocenters. The molecule has 1 N–H and O–H groups in total. The van der Waals surface area contributed by atoms with Crippen LogP contribution in [0, 0.1) is 0 Å². The third-order valence-corrected chi connectivity index (χ3v) is 5.56. The molecule has 0 saturated carbocycles. The number of thioether (sulfide) groups is 1. The molecule has 19 heavy (non-hydrogen) atoms. The average Bonchev–Trinajstić information content (AvgIpc) is 2.37. The van der Waals surface area contributed by atoms with E-state index in [0.29, 0.717) is 18.0 Å². The topological polar surface area (TPSA) is 87.6 Å². The molecule has 1 aromatic heterocycles. The highest BCUT2D eigenvalue weighted by atomic mass is 32.2. The summed E-state index contributed by atoms with van der Waals surface area (Å²) in [5.74, 6) is 0.113. The third kappa shape index (κ3) is 3.01. The van der Waals surface area contributed by atoms with E-state index >= 15 is 0 Å². The Morgan fingerprint density at radius 1 is 1.58 bits per heavy atom. The molecule has 2 heterocycles. The maximum Gasteiger partial charge on any atom is 0.339 e. The Labute approximate surface area is 115 Å². The summed E-state index contributed by atoms with van der Waals surface area (Å²) in [6.07, 6.45) is 3.90. The van der Waals surface area contributed by atoms with Gasteiger partial charge in [-0.2, -0.15) is 11.8 Å². The maximum atomic E-state index is 11.8. The van der Waals surface area contributed by atoms with Crippen LogP contribution in [0.5, 0.6) is 0 Å². The van der Waals surface area contributed by atoms with Crippen molar-refractivity contribution in [1.29, 1.82) is 0 Å². The van der Waals surface area contributed by atoms with Crippen molar-refractivity contribution in [2.75, 3.05) is 29.2 Å². The molecule has 1 aliphatic rings. The highest BCUT2D eigenvalue weighted by molar-refractivity contribution is 8.01. The second-order valence-corrected chi connectivity index (χ2v) is 7.60. The van der Waals surface area contributed by atoms with E-state index in [9.17, 15) is 13.2 Å². The molecule has 0 radical (unpaired) electrons. The minimum Gasteiger partial charge on any atom is -0.478 e. The van der Waals surface area contributed by atoms with Crippen molar-refractivity contribution >= 4 is 33.3 Å². The molecule has 1 fully saturated rings. The summed E-state index contributed by atoms with van der Waals surface area (Å²) < 4.78 is 23.7. The van der Waals surface area contributed by atoms with Crippen molar-refractivity contribution in [3.8, 4) is 0 Å². The molecule has 1 saturated heterocycles. The van der Waals surface area contributed by atoms with Crippen molar-refractivity contribution in [3.63, 3.8) is 0 Å². The van der Waals surface area contributed by atoms with E-state index in [0.717, 1.165) is 5.75 Å². The SMILES string of the molecule is CS(=O)(=O)C1CSCCN1c1ccncc1C(=O)O. The molecule has 1 unspecified atom stereocenters. The van der Waals surface area contributed by atoms with Crippen molar-refractivity contribution in [2.24, 2.45) is 0 Å². The number of sulfone groups is 1. The molecule has 0 aromatic carbocycles. The number of carboxylic acid groups (broad SMARTS) is 1. The summed E-state index contributed by atoms with van der Waals surface area (Å²) in [6.45, 7) is 0.507. The predicted molar refractivity (Wildman–Crippen MR) is 74.5 cm³/mol. The molecule has 0 aliphatic carbocycles. The average molecular weight is 302 g/mol. The minimum atomic E-state index is -3.27. The fraction of sp³-hybridized carbons (Fsp3) is 0.455. The maximum absolute atomic E-state index is 11.8. The summed E-state index contributed by atoms with van der Waals surface area (Å²) in [4.78, 5) is 16.6. The van der Waals surface area contributed by atoms with Crippen molar-refractivity contribution in [2.45, 2.75) is 5.37 Å². The quantitative estimate of drug-likeness (QED) is 0.879. The van der Waals surface area contributed by atoms with E-state index < -0.39 is 21.2 Å². The molecule has 104 valence electrons. The molecule has 0 spiro atoms. The van der Waals surface area contributed by atoms with Crippen LogP contribution in [-0.4, -0.2) is 54.2 Å². The zero-order valence-corrected chi connectivity index (χ0v) is 11.9. The number of aromatic carboxylic acids is 1. The number of rotatable bonds is 3. The van der Waals surface area contributed by atoms with Gasteiger partial charge in [-0.25, -0.2) is 13.2 Å². The summed E-state index contributed by atoms with van der Waals surface area (Å²) >= 11 is 1.56. The van der Waals surface area contributed by atoms with Crippen molar-refractivity contribution in [3.05, 3.63) is 24.0 Å². The highest BCUT2D eigenvalue weighted by Crippen LogP contribution is 2.28. The van der Waals surface area contributed by atoms with Crippen LogP contribution < -0.4 is 4.90 Å². The van der Waals surface area contributed by atoms with Gasteiger partial charge in [0.05, 0.1) is 5.69 Å². The van der Waals surface area contributed by atoms with Crippen LogP contribution in [0.15, 0.2) is 18.5 Å². The molecule has 1 aliphatic heterocycles. The van der Waals surface area contributed by atoms with Gasteiger partial charge in [0.1, 0.15) is 10.9 Å². The van der Waals surface area contributed by atoms with E-state index in [1.807, 2.05) is 0 Å². The van der Waals surface area contributed by atoms with E-state index in [-0.39, 0.29) is 5.56 Å². The van der Waals surface area contributed by atoms with Gasteiger partial charge in [-0.05, 0) is 6.07 Å². The second-order valence-electron chi connectivity index (χ2n) is 4.25. The van der Waals surface area contributed by atoms with Gasteiger partial charge in [-0.15, -0.1) is 0 Å². The number of carbonyl (C=O) groups is 1. The van der Waals surface area contributed by atoms with Gasteiger partial charge >= 0.3 is 5.97 Å². The number of carboxylic acids is 1. The van der Waals surface area contributed by atoms with Gasteiger partial charge < -0.3 is 10.0 Å². The second kappa shape index (κ2) is 5.38. The standard InChI is InChI=1S/C11H14N2O4S2/c1-19(16,17)10-7-18-5-4-13(10)9-2-3-12-6-8(9)11(14)15/h2-3,6,10H,4-5,7H2,1H3,(H,14,15). The molecule has 6 nitrogen and oxygen atoms in total. The number of aromatic nitrogens is 1. The highest BCUT2D eigenvalue weighted by Gasteiger charge is 2.33. The van der Waals surface area contributed by atoms with Gasteiger partial charge in [0.15, 0.2) is 9.84 Å². The first kappa shape index (κ1) is 14.1. The number of pyridine rings is 1. The molecular formula is C11H14N2O4S2. The third-order valence-electron chi connectivity index (χ3n) is 2.92. The summed E-state index contributed by atoms with van der Waals surface area (Å²) in [7, 11) is -3.27. The van der Waals surface area contributed by atoms with Crippen LogP contribution in [0.3, 0.4) is 0 Å². The molecule has 1 aromatic rings. The van der Waals surface area contributed by atoms with Gasteiger partial charge in [0.2, 0.25) is 0 Å². The molecule has 0 bridgehead atoms. The van der Waals surface area contributed by atoms with E-state index in [1.54, 1.807) is 22.7 Å². The smallest absolute Gasteiger partial charge is 0.339 e. The lowest BCUT2D eigenvalue weighted by atomic mass is 10.2. The van der Waals surface area contributed by atoms with Crippen LogP contribution in [0.4, 0.5) is 5.69 Å². The number of nitrogens with zero attached hydrogens (tertiary/aromatic N) is 2. The molecule has 0 amide bonds. The lowest BCUT2D eigenvalue weighted by molar-refractivity contribution is 0.0697. The summed E-state index contributed by atoms with van der Waals surface area (Å²) in [5, 5.41) is 8.48. The van der Waals surface area contributed by atoms with Crippen LogP contribution >= 0.6 is 11.8 Å². The number of anilines is 1. The largest absolute Gasteiger partial charge is 0.478 e. The Hall–Kier alpha value is -1.28. The zero-order valence-electron chi connectivity index (χ0n) is 10.3. The first-order valence-corrected chi connectivity index (χ1v) is 8.72. The Kier molecular flexibility index (Phi) is 4.00. The minimum absolute atomic E-state index is 0.0306. The summed E-state index contributed by atoms with van der Waals surface area (Å²) in [5.41, 5.74) is 0.446. The molecule has 2 rings (SSSR count). The first-order chi connectivity index (χ1) is 8.91. The van der Waals surface area contributed by atoms with E-state index in [1.165, 1.54) is 18.6 Å². The van der Waals surface area contributed by atoms with Crippen LogP contribution in [-0.2, 0) is 9.84 Å². The van der Waals surface area contributed by atoms with Gasteiger partial charge in [-0.1, -0.05) is 0 Å². The number of hydrogen-bond donors (Lipinski definition) is 1.